The van der Waals surface area contributed by atoms with Crippen LogP contribution in [-0.2, 0) is 13.1 Å². The topological polar surface area (TPSA) is 61.9 Å². The van der Waals surface area contributed by atoms with Gasteiger partial charge in [-0.25, -0.2) is 4.98 Å². The van der Waals surface area contributed by atoms with Crippen molar-refractivity contribution in [3.63, 3.8) is 0 Å². The first-order chi connectivity index (χ1) is 10.6. The van der Waals surface area contributed by atoms with Gasteiger partial charge in [-0.05, 0) is 26.0 Å². The number of methoxy groups -OCH3 is 1. The molecule has 0 amide bonds. The normalized spacial score (nSPS) is 11.0. The van der Waals surface area contributed by atoms with Crippen molar-refractivity contribution in [2.24, 2.45) is 0 Å². The van der Waals surface area contributed by atoms with E-state index in [0.29, 0.717) is 23.2 Å². The molecule has 0 bridgehead atoms. The molecule has 0 aliphatic heterocycles. The number of fused-ring (bicyclic) bond motifs is 1. The van der Waals surface area contributed by atoms with Gasteiger partial charge in [-0.2, -0.15) is 5.10 Å². The van der Waals surface area contributed by atoms with E-state index < -0.39 is 0 Å². The standard InChI is InChI=1S/C16H18N4O2/c1-4-20-9-12(11(2)18-20)8-19-10-17-13-6-5-7-14(22-3)15(13)16(19)21/h5-7,9-10H,4,8H2,1-3H3. The Morgan fingerprint density at radius 3 is 2.82 bits per heavy atom. The molecular formula is C16H18N4O2. The van der Waals surface area contributed by atoms with Crippen LogP contribution in [0.15, 0.2) is 35.5 Å². The van der Waals surface area contributed by atoms with Crippen molar-refractivity contribution in [3.8, 4) is 5.75 Å². The summed E-state index contributed by atoms with van der Waals surface area (Å²) in [7, 11) is 1.56. The van der Waals surface area contributed by atoms with E-state index in [-0.39, 0.29) is 5.56 Å². The van der Waals surface area contributed by atoms with Crippen LogP contribution in [0.2, 0.25) is 0 Å². The van der Waals surface area contributed by atoms with Gasteiger partial charge >= 0.3 is 0 Å². The van der Waals surface area contributed by atoms with Gasteiger partial charge in [0.25, 0.3) is 5.56 Å². The zero-order valence-corrected chi connectivity index (χ0v) is 12.9. The van der Waals surface area contributed by atoms with E-state index in [0.717, 1.165) is 17.8 Å². The smallest absolute Gasteiger partial charge is 0.265 e. The Morgan fingerprint density at radius 1 is 1.32 bits per heavy atom. The largest absolute Gasteiger partial charge is 0.496 e. The first-order valence-corrected chi connectivity index (χ1v) is 7.19. The maximum absolute atomic E-state index is 12.7. The molecule has 0 radical (unpaired) electrons. The number of rotatable bonds is 4. The minimum Gasteiger partial charge on any atom is -0.496 e. The Balaban J connectivity index is 2.10. The van der Waals surface area contributed by atoms with Gasteiger partial charge in [-0.15, -0.1) is 0 Å². The summed E-state index contributed by atoms with van der Waals surface area (Å²) < 4.78 is 8.75. The van der Waals surface area contributed by atoms with Crippen LogP contribution in [0.25, 0.3) is 10.9 Å². The fraction of sp³-hybridized carbons (Fsp3) is 0.312. The summed E-state index contributed by atoms with van der Waals surface area (Å²) in [5.41, 5.74) is 2.47. The van der Waals surface area contributed by atoms with Crippen molar-refractivity contribution in [3.05, 3.63) is 52.3 Å². The third-order valence-electron chi connectivity index (χ3n) is 3.75. The fourth-order valence-corrected chi connectivity index (χ4v) is 2.51. The summed E-state index contributed by atoms with van der Waals surface area (Å²) in [5, 5.41) is 4.91. The predicted molar refractivity (Wildman–Crippen MR) is 84.3 cm³/mol. The van der Waals surface area contributed by atoms with Crippen molar-refractivity contribution in [2.75, 3.05) is 7.11 Å². The molecule has 0 N–H and O–H groups in total. The van der Waals surface area contributed by atoms with Crippen molar-refractivity contribution in [1.82, 2.24) is 19.3 Å². The van der Waals surface area contributed by atoms with Crippen LogP contribution < -0.4 is 10.3 Å². The number of hydrogen-bond donors (Lipinski definition) is 0. The summed E-state index contributed by atoms with van der Waals surface area (Å²) in [6, 6.07) is 5.41. The average Bonchev–Trinajstić information content (AvgIpc) is 2.89. The van der Waals surface area contributed by atoms with Crippen molar-refractivity contribution < 1.29 is 4.74 Å². The van der Waals surface area contributed by atoms with E-state index in [1.165, 1.54) is 0 Å². The van der Waals surface area contributed by atoms with Gasteiger partial charge in [-0.1, -0.05) is 6.07 Å². The van der Waals surface area contributed by atoms with Gasteiger partial charge in [0, 0.05) is 18.3 Å². The summed E-state index contributed by atoms with van der Waals surface area (Å²) in [4.78, 5) is 17.1. The van der Waals surface area contributed by atoms with E-state index in [1.807, 2.05) is 36.9 Å². The third-order valence-corrected chi connectivity index (χ3v) is 3.75. The van der Waals surface area contributed by atoms with Gasteiger partial charge in [0.15, 0.2) is 0 Å². The van der Waals surface area contributed by atoms with Crippen LogP contribution in [0.4, 0.5) is 0 Å². The van der Waals surface area contributed by atoms with E-state index in [1.54, 1.807) is 24.1 Å². The molecule has 1 aromatic carbocycles. The summed E-state index contributed by atoms with van der Waals surface area (Å²) in [6.45, 7) is 5.23. The molecule has 22 heavy (non-hydrogen) atoms. The SMILES string of the molecule is CCn1cc(Cn2cnc3cccc(OC)c3c2=O)c(C)n1. The summed E-state index contributed by atoms with van der Waals surface area (Å²) in [6.07, 6.45) is 3.54. The molecule has 3 aromatic rings. The minimum absolute atomic E-state index is 0.105. The Morgan fingerprint density at radius 2 is 2.14 bits per heavy atom. The number of aryl methyl sites for hydroxylation is 2. The van der Waals surface area contributed by atoms with Crippen molar-refractivity contribution in [1.29, 1.82) is 0 Å². The maximum atomic E-state index is 12.7. The quantitative estimate of drug-likeness (QED) is 0.739. The van der Waals surface area contributed by atoms with Crippen LogP contribution in [0.3, 0.4) is 0 Å². The molecule has 0 unspecified atom stereocenters. The van der Waals surface area contributed by atoms with Crippen LogP contribution >= 0.6 is 0 Å². The van der Waals surface area contributed by atoms with E-state index in [4.69, 9.17) is 4.74 Å². The molecule has 0 aliphatic rings. The minimum atomic E-state index is -0.105. The average molecular weight is 298 g/mol. The summed E-state index contributed by atoms with van der Waals surface area (Å²) in [5.74, 6) is 0.547. The van der Waals surface area contributed by atoms with Gasteiger partial charge < -0.3 is 4.74 Å². The van der Waals surface area contributed by atoms with Crippen molar-refractivity contribution in [2.45, 2.75) is 26.9 Å². The Labute approximate surface area is 128 Å². The zero-order chi connectivity index (χ0) is 15.7. The number of aromatic nitrogens is 4. The maximum Gasteiger partial charge on any atom is 0.265 e. The number of ether oxygens (including phenoxy) is 1. The van der Waals surface area contributed by atoms with Gasteiger partial charge in [0.05, 0.1) is 31.2 Å². The second-order valence-corrected chi connectivity index (χ2v) is 5.13. The lowest BCUT2D eigenvalue weighted by Crippen LogP contribution is -2.21. The number of benzene rings is 1. The predicted octanol–water partition coefficient (Wildman–Crippen LogP) is 1.98. The van der Waals surface area contributed by atoms with Gasteiger partial charge in [0.2, 0.25) is 0 Å². The molecule has 0 aliphatic carbocycles. The fourth-order valence-electron chi connectivity index (χ4n) is 2.51. The lowest BCUT2D eigenvalue weighted by atomic mass is 10.2. The Kier molecular flexibility index (Phi) is 3.66. The molecule has 0 saturated carbocycles. The molecule has 2 heterocycles. The molecule has 0 fully saturated rings. The van der Waals surface area contributed by atoms with Crippen LogP contribution in [0, 0.1) is 6.92 Å². The first-order valence-electron chi connectivity index (χ1n) is 7.19. The molecular weight excluding hydrogens is 280 g/mol. The van der Waals surface area contributed by atoms with E-state index >= 15 is 0 Å². The van der Waals surface area contributed by atoms with Gasteiger partial charge in [-0.3, -0.25) is 14.0 Å². The second kappa shape index (κ2) is 5.63. The Bertz CT molecular complexity index is 879. The number of nitrogens with zero attached hydrogens (tertiary/aromatic N) is 4. The van der Waals surface area contributed by atoms with Crippen molar-refractivity contribution >= 4 is 10.9 Å². The molecule has 0 spiro atoms. The third kappa shape index (κ3) is 2.36. The lowest BCUT2D eigenvalue weighted by Gasteiger charge is -2.08. The molecule has 6 nitrogen and oxygen atoms in total. The molecule has 114 valence electrons. The second-order valence-electron chi connectivity index (χ2n) is 5.13. The highest BCUT2D eigenvalue weighted by Crippen LogP contribution is 2.20. The Hall–Kier alpha value is -2.63. The molecule has 0 atom stereocenters. The molecule has 6 heteroatoms. The lowest BCUT2D eigenvalue weighted by molar-refractivity contribution is 0.419. The highest BCUT2D eigenvalue weighted by atomic mass is 16.5. The molecule has 2 aromatic heterocycles. The monoisotopic (exact) mass is 298 g/mol. The van der Waals surface area contributed by atoms with Crippen LogP contribution in [0.5, 0.6) is 5.75 Å². The highest BCUT2D eigenvalue weighted by molar-refractivity contribution is 5.83. The van der Waals surface area contributed by atoms with Crippen LogP contribution in [-0.4, -0.2) is 26.4 Å². The zero-order valence-electron chi connectivity index (χ0n) is 12.9. The van der Waals surface area contributed by atoms with Crippen LogP contribution in [0.1, 0.15) is 18.2 Å². The molecule has 3 rings (SSSR count). The highest BCUT2D eigenvalue weighted by Gasteiger charge is 2.11. The van der Waals surface area contributed by atoms with E-state index in [9.17, 15) is 4.79 Å². The summed E-state index contributed by atoms with van der Waals surface area (Å²) >= 11 is 0. The molecule has 0 saturated heterocycles. The van der Waals surface area contributed by atoms with E-state index in [2.05, 4.69) is 10.1 Å². The van der Waals surface area contributed by atoms with Gasteiger partial charge in [0.1, 0.15) is 11.1 Å². The first kappa shape index (κ1) is 14.3. The number of hydrogen-bond acceptors (Lipinski definition) is 4.